The molecule has 0 N–H and O–H groups in total. The van der Waals surface area contributed by atoms with Crippen LogP contribution in [0.1, 0.15) is 85.8 Å². The first-order valence-corrected chi connectivity index (χ1v) is 21.5. The van der Waals surface area contributed by atoms with Gasteiger partial charge in [-0.2, -0.15) is 0 Å². The molecule has 0 radical (unpaired) electrons. The average Bonchev–Trinajstić information content (AvgIpc) is 3.98. The third-order valence-corrected chi connectivity index (χ3v) is 11.2. The fourth-order valence-electron chi connectivity index (χ4n) is 8.03. The molecule has 6 aromatic rings. The minimum atomic E-state index is 0.0746. The molecule has 312 valence electrons. The fourth-order valence-corrected chi connectivity index (χ4v) is 8.03. The van der Waals surface area contributed by atoms with Gasteiger partial charge in [0.15, 0.2) is 11.6 Å². The molecule has 2 aliphatic heterocycles. The van der Waals surface area contributed by atoms with Crippen molar-refractivity contribution in [2.45, 2.75) is 51.9 Å². The number of benzene rings is 4. The lowest BCUT2D eigenvalue weighted by molar-refractivity contribution is 0.112. The minimum absolute atomic E-state index is 0.0746. The summed E-state index contributed by atoms with van der Waals surface area (Å²) in [6.45, 7) is 18.5. The summed E-state index contributed by atoms with van der Waals surface area (Å²) < 4.78 is 3.90. The molecule has 0 bridgehead atoms. The van der Waals surface area contributed by atoms with E-state index in [1.54, 1.807) is 0 Å². The summed E-state index contributed by atoms with van der Waals surface area (Å²) in [5.74, 6) is 1.85. The molecule has 12 heteroatoms. The van der Waals surface area contributed by atoms with Gasteiger partial charge in [0.1, 0.15) is 0 Å². The van der Waals surface area contributed by atoms with Crippen molar-refractivity contribution in [1.82, 2.24) is 60.0 Å². The number of rotatable bonds is 14. The topological polar surface area (TPSA) is 100 Å². The molecule has 2 aliphatic rings. The van der Waals surface area contributed by atoms with Crippen molar-refractivity contribution in [3.05, 3.63) is 167 Å². The number of hydrogen-bond acceptors (Lipinski definition) is 10. The van der Waals surface area contributed by atoms with Gasteiger partial charge in [-0.05, 0) is 70.8 Å². The van der Waals surface area contributed by atoms with Crippen molar-refractivity contribution >= 4 is 12.2 Å². The number of tetrazole rings is 2. The first-order valence-electron chi connectivity index (χ1n) is 21.5. The van der Waals surface area contributed by atoms with Crippen LogP contribution in [0.3, 0.4) is 0 Å². The quantitative estimate of drug-likeness (QED) is 0.111. The molecule has 0 saturated carbocycles. The number of aromatic nitrogens is 8. The van der Waals surface area contributed by atoms with E-state index in [2.05, 4.69) is 224 Å². The average molecular weight is 805 g/mol. The summed E-state index contributed by atoms with van der Waals surface area (Å²) in [4.78, 5) is 10.0. The van der Waals surface area contributed by atoms with Gasteiger partial charge in [-0.3, -0.25) is 19.6 Å². The van der Waals surface area contributed by atoms with Crippen molar-refractivity contribution < 1.29 is 0 Å². The molecule has 4 heterocycles. The van der Waals surface area contributed by atoms with Crippen LogP contribution in [0.4, 0.5) is 0 Å². The van der Waals surface area contributed by atoms with Crippen LogP contribution in [0.15, 0.2) is 133 Å². The maximum absolute atomic E-state index is 4.43. The molecular formula is C48H60N12. The van der Waals surface area contributed by atoms with E-state index < -0.39 is 0 Å². The van der Waals surface area contributed by atoms with Crippen LogP contribution < -0.4 is 0 Å². The second-order valence-corrected chi connectivity index (χ2v) is 16.1. The van der Waals surface area contributed by atoms with Crippen LogP contribution >= 0.6 is 0 Å². The van der Waals surface area contributed by atoms with Crippen LogP contribution in [-0.4, -0.2) is 125 Å². The highest BCUT2D eigenvalue weighted by atomic mass is 15.6. The molecule has 0 unspecified atom stereocenters. The molecule has 2 aromatic heterocycles. The Morgan fingerprint density at radius 1 is 0.450 bits per heavy atom. The van der Waals surface area contributed by atoms with E-state index in [-0.39, 0.29) is 24.2 Å². The Morgan fingerprint density at radius 2 is 0.783 bits per heavy atom. The van der Waals surface area contributed by atoms with E-state index in [0.29, 0.717) is 0 Å². The van der Waals surface area contributed by atoms with Gasteiger partial charge in [0.2, 0.25) is 0 Å². The molecule has 2 atom stereocenters. The third-order valence-electron chi connectivity index (χ3n) is 11.2. The van der Waals surface area contributed by atoms with Gasteiger partial charge >= 0.3 is 0 Å². The third kappa shape index (κ3) is 11.3. The zero-order valence-corrected chi connectivity index (χ0v) is 35.6. The molecule has 60 heavy (non-hydrogen) atoms. The highest BCUT2D eigenvalue weighted by Gasteiger charge is 2.32. The highest BCUT2D eigenvalue weighted by Crippen LogP contribution is 2.30. The Labute approximate surface area is 355 Å². The van der Waals surface area contributed by atoms with Crippen molar-refractivity contribution in [2.75, 3.05) is 65.4 Å². The van der Waals surface area contributed by atoms with E-state index in [9.17, 15) is 0 Å². The molecule has 0 amide bonds. The summed E-state index contributed by atoms with van der Waals surface area (Å²) in [5, 5.41) is 25.3. The zero-order valence-electron chi connectivity index (χ0n) is 35.6. The predicted octanol–water partition coefficient (Wildman–Crippen LogP) is 7.35. The first-order chi connectivity index (χ1) is 29.4. The smallest absolute Gasteiger partial charge is 0.173 e. The maximum Gasteiger partial charge on any atom is 0.173 e. The Hall–Kier alpha value is -5.66. The lowest BCUT2D eigenvalue weighted by Gasteiger charge is -2.38. The van der Waals surface area contributed by atoms with Gasteiger partial charge in [0.25, 0.3) is 0 Å². The summed E-state index contributed by atoms with van der Waals surface area (Å²) >= 11 is 0. The van der Waals surface area contributed by atoms with Crippen molar-refractivity contribution in [2.24, 2.45) is 0 Å². The number of nitrogens with zero attached hydrogens (tertiary/aromatic N) is 12. The van der Waals surface area contributed by atoms with Gasteiger partial charge in [0.05, 0.1) is 24.2 Å². The van der Waals surface area contributed by atoms with E-state index >= 15 is 0 Å². The maximum atomic E-state index is 4.43. The Balaban J connectivity index is 0.000000181. The normalized spacial score (nSPS) is 17.0. The van der Waals surface area contributed by atoms with Crippen LogP contribution in [0.2, 0.25) is 0 Å². The van der Waals surface area contributed by atoms with Crippen LogP contribution in [0.25, 0.3) is 12.2 Å². The van der Waals surface area contributed by atoms with Gasteiger partial charge in [-0.1, -0.05) is 146 Å². The molecule has 2 fully saturated rings. The SMILES string of the molecule is CC(C)n1nnnc1[C@@H](c1ccccc1)N1CCN(C/C=C/c2ccccc2)CC1.CC(C)n1nnnc1[C@H](c1ccccc1)N1CCN(C/C=C/c2ccccc2)CC1. The van der Waals surface area contributed by atoms with Crippen LogP contribution in [0, 0.1) is 0 Å². The Kier molecular flexibility index (Phi) is 15.3. The molecular weight excluding hydrogens is 745 g/mol. The first kappa shape index (κ1) is 42.5. The number of hydrogen-bond donors (Lipinski definition) is 0. The monoisotopic (exact) mass is 805 g/mol. The van der Waals surface area contributed by atoms with Crippen LogP contribution in [0.5, 0.6) is 0 Å². The Morgan fingerprint density at radius 3 is 1.12 bits per heavy atom. The van der Waals surface area contributed by atoms with E-state index in [1.807, 2.05) is 9.36 Å². The van der Waals surface area contributed by atoms with Crippen molar-refractivity contribution in [1.29, 1.82) is 0 Å². The summed E-state index contributed by atoms with van der Waals surface area (Å²) in [5.41, 5.74) is 4.99. The highest BCUT2D eigenvalue weighted by molar-refractivity contribution is 5.49. The molecule has 2 saturated heterocycles. The second-order valence-electron chi connectivity index (χ2n) is 16.1. The second kappa shape index (κ2) is 21.6. The molecule has 0 spiro atoms. The summed E-state index contributed by atoms with van der Waals surface area (Å²) in [6, 6.07) is 42.8. The summed E-state index contributed by atoms with van der Waals surface area (Å²) in [6.07, 6.45) is 8.93. The number of piperazine rings is 2. The van der Waals surface area contributed by atoms with E-state index in [0.717, 1.165) is 77.1 Å². The van der Waals surface area contributed by atoms with E-state index in [4.69, 9.17) is 0 Å². The van der Waals surface area contributed by atoms with Crippen molar-refractivity contribution in [3.8, 4) is 0 Å². The lowest BCUT2D eigenvalue weighted by atomic mass is 10.0. The molecule has 0 aliphatic carbocycles. The minimum Gasteiger partial charge on any atom is -0.297 e. The van der Waals surface area contributed by atoms with Gasteiger partial charge in [-0.25, -0.2) is 9.36 Å². The van der Waals surface area contributed by atoms with Gasteiger partial charge < -0.3 is 0 Å². The lowest BCUT2D eigenvalue weighted by Crippen LogP contribution is -2.48. The fraction of sp³-hybridized carbons (Fsp3) is 0.375. The molecule has 12 nitrogen and oxygen atoms in total. The van der Waals surface area contributed by atoms with E-state index in [1.165, 1.54) is 22.3 Å². The predicted molar refractivity (Wildman–Crippen MR) is 240 cm³/mol. The largest absolute Gasteiger partial charge is 0.297 e. The van der Waals surface area contributed by atoms with Gasteiger partial charge in [-0.15, -0.1) is 10.2 Å². The van der Waals surface area contributed by atoms with Crippen LogP contribution in [-0.2, 0) is 0 Å². The summed E-state index contributed by atoms with van der Waals surface area (Å²) in [7, 11) is 0. The molecule has 4 aromatic carbocycles. The van der Waals surface area contributed by atoms with Gasteiger partial charge in [0, 0.05) is 65.4 Å². The zero-order chi connectivity index (χ0) is 41.5. The van der Waals surface area contributed by atoms with Crippen molar-refractivity contribution in [3.63, 3.8) is 0 Å². The molecule has 8 rings (SSSR count). The Bertz CT molecular complexity index is 2010. The standard InChI is InChI=1S/2C24H30N6/c2*1-20(2)30-24(25-26-27-30)23(22-13-7-4-8-14-22)29-18-16-28(17-19-29)15-9-12-21-10-5-3-6-11-21/h2*3-14,20,23H,15-19H2,1-2H3/b2*12-9+/t2*23-/m10/s1.